The van der Waals surface area contributed by atoms with Gasteiger partial charge in [-0.2, -0.15) is 0 Å². The van der Waals surface area contributed by atoms with Crippen molar-refractivity contribution in [2.45, 2.75) is 13.8 Å². The Hall–Kier alpha value is -2.00. The van der Waals surface area contributed by atoms with Crippen LogP contribution in [0.1, 0.15) is 31.8 Å². The third kappa shape index (κ3) is 5.00. The second-order valence-electron chi connectivity index (χ2n) is 5.19. The van der Waals surface area contributed by atoms with Crippen molar-refractivity contribution in [1.29, 1.82) is 0 Å². The zero-order chi connectivity index (χ0) is 17.7. The van der Waals surface area contributed by atoms with Gasteiger partial charge in [-0.05, 0) is 78.5 Å². The van der Waals surface area contributed by atoms with Crippen molar-refractivity contribution in [3.05, 3.63) is 68.3 Å². The van der Waals surface area contributed by atoms with Gasteiger partial charge in [0, 0.05) is 14.7 Å². The highest BCUT2D eigenvalue weighted by molar-refractivity contribution is 14.1. The maximum atomic E-state index is 12.1. The fraction of sp³-hybridized carbons (Fsp3) is 0.118. The Bertz CT molecular complexity index is 791. The molecule has 0 aliphatic carbocycles. The summed E-state index contributed by atoms with van der Waals surface area (Å²) >= 11 is 7.18. The molecule has 0 heterocycles. The zero-order valence-corrected chi connectivity index (χ0v) is 16.1. The molecule has 0 saturated heterocycles. The number of aryl methyl sites for hydroxylation is 2. The van der Waals surface area contributed by atoms with Crippen molar-refractivity contribution in [3.63, 3.8) is 0 Å². The van der Waals surface area contributed by atoms with Crippen LogP contribution in [0.15, 0.2) is 42.5 Å². The normalized spacial score (nSPS) is 9.96. The van der Waals surface area contributed by atoms with E-state index in [1.54, 1.807) is 24.3 Å². The number of thiocarbonyl (C=S) groups is 1. The Labute approximate surface area is 159 Å². The molecule has 124 valence electrons. The van der Waals surface area contributed by atoms with E-state index in [1.165, 1.54) is 0 Å². The third-order valence-electron chi connectivity index (χ3n) is 3.26. The standard InChI is InChI=1S/C17H16IN3O2S/c1-10-3-6-12(7-4-10)16(23)20-21-17(24)19-15(22)13-8-5-11(2)14(18)9-13/h3-9H,1-2H3,(H,20,23)(H2,19,21,22,24). The molecule has 0 aromatic heterocycles. The summed E-state index contributed by atoms with van der Waals surface area (Å²) in [6.45, 7) is 3.91. The van der Waals surface area contributed by atoms with Crippen LogP contribution in [0.2, 0.25) is 0 Å². The number of halogens is 1. The predicted molar refractivity (Wildman–Crippen MR) is 106 cm³/mol. The molecule has 0 aliphatic rings. The summed E-state index contributed by atoms with van der Waals surface area (Å²) in [4.78, 5) is 24.1. The van der Waals surface area contributed by atoms with E-state index < -0.39 is 0 Å². The van der Waals surface area contributed by atoms with Crippen LogP contribution in [0.25, 0.3) is 0 Å². The van der Waals surface area contributed by atoms with Gasteiger partial charge < -0.3 is 0 Å². The average molecular weight is 453 g/mol. The molecule has 0 bridgehead atoms. The zero-order valence-electron chi connectivity index (χ0n) is 13.1. The van der Waals surface area contributed by atoms with Crippen LogP contribution < -0.4 is 16.2 Å². The van der Waals surface area contributed by atoms with Gasteiger partial charge in [0.25, 0.3) is 11.8 Å². The summed E-state index contributed by atoms with van der Waals surface area (Å²) in [7, 11) is 0. The van der Waals surface area contributed by atoms with E-state index in [-0.39, 0.29) is 16.9 Å². The Morgan fingerprint density at radius 2 is 1.54 bits per heavy atom. The van der Waals surface area contributed by atoms with Crippen molar-refractivity contribution in [2.24, 2.45) is 0 Å². The number of amides is 2. The van der Waals surface area contributed by atoms with Gasteiger partial charge >= 0.3 is 0 Å². The Kier molecular flexibility index (Phi) is 6.27. The molecular weight excluding hydrogens is 437 g/mol. The van der Waals surface area contributed by atoms with E-state index >= 15 is 0 Å². The summed E-state index contributed by atoms with van der Waals surface area (Å²) in [5.41, 5.74) is 8.12. The minimum atomic E-state index is -0.338. The van der Waals surface area contributed by atoms with E-state index in [0.717, 1.165) is 14.7 Å². The van der Waals surface area contributed by atoms with Crippen LogP contribution in [0.5, 0.6) is 0 Å². The molecule has 3 N–H and O–H groups in total. The van der Waals surface area contributed by atoms with E-state index in [9.17, 15) is 9.59 Å². The van der Waals surface area contributed by atoms with Crippen molar-refractivity contribution in [2.75, 3.05) is 0 Å². The Balaban J connectivity index is 1.88. The van der Waals surface area contributed by atoms with Crippen molar-refractivity contribution in [3.8, 4) is 0 Å². The second-order valence-corrected chi connectivity index (χ2v) is 6.76. The molecule has 0 unspecified atom stereocenters. The number of hydrazine groups is 1. The number of benzene rings is 2. The van der Waals surface area contributed by atoms with Gasteiger partial charge in [0.15, 0.2) is 5.11 Å². The number of hydrogen-bond acceptors (Lipinski definition) is 3. The van der Waals surface area contributed by atoms with Gasteiger partial charge in [-0.3, -0.25) is 25.8 Å². The smallest absolute Gasteiger partial charge is 0.269 e. The van der Waals surface area contributed by atoms with E-state index in [1.807, 2.05) is 32.0 Å². The van der Waals surface area contributed by atoms with Crippen LogP contribution in [0.4, 0.5) is 0 Å². The van der Waals surface area contributed by atoms with E-state index in [4.69, 9.17) is 12.2 Å². The SMILES string of the molecule is Cc1ccc(C(=O)NNC(=S)NC(=O)c2ccc(C)c(I)c2)cc1. The lowest BCUT2D eigenvalue weighted by atomic mass is 10.1. The topological polar surface area (TPSA) is 70.2 Å². The molecule has 5 nitrogen and oxygen atoms in total. The molecule has 2 aromatic carbocycles. The number of hydrogen-bond donors (Lipinski definition) is 3. The lowest BCUT2D eigenvalue weighted by Crippen LogP contribution is -2.48. The molecule has 0 spiro atoms. The van der Waals surface area contributed by atoms with E-state index in [2.05, 4.69) is 38.8 Å². The summed E-state index contributed by atoms with van der Waals surface area (Å²) in [5.74, 6) is -0.675. The van der Waals surface area contributed by atoms with Gasteiger partial charge in [-0.1, -0.05) is 23.8 Å². The summed E-state index contributed by atoms with van der Waals surface area (Å²) < 4.78 is 0.992. The van der Waals surface area contributed by atoms with Gasteiger partial charge in [0.1, 0.15) is 0 Å². The van der Waals surface area contributed by atoms with Gasteiger partial charge in [0.05, 0.1) is 0 Å². The lowest BCUT2D eigenvalue weighted by Gasteiger charge is -2.11. The summed E-state index contributed by atoms with van der Waals surface area (Å²) in [6.07, 6.45) is 0. The molecule has 0 radical (unpaired) electrons. The van der Waals surface area contributed by atoms with Crippen LogP contribution in [-0.2, 0) is 0 Å². The van der Waals surface area contributed by atoms with Gasteiger partial charge in [-0.25, -0.2) is 0 Å². The molecule has 2 amide bonds. The molecule has 2 aromatic rings. The van der Waals surface area contributed by atoms with Crippen molar-refractivity contribution in [1.82, 2.24) is 16.2 Å². The number of rotatable bonds is 2. The molecule has 2 rings (SSSR count). The molecule has 0 atom stereocenters. The third-order valence-corrected chi connectivity index (χ3v) is 4.63. The fourth-order valence-corrected chi connectivity index (χ4v) is 2.49. The monoisotopic (exact) mass is 453 g/mol. The quantitative estimate of drug-likeness (QED) is 0.372. The first-order valence-corrected chi connectivity index (χ1v) is 8.60. The molecule has 0 saturated carbocycles. The second kappa shape index (κ2) is 8.20. The molecule has 0 aliphatic heterocycles. The average Bonchev–Trinajstić information content (AvgIpc) is 2.55. The summed E-state index contributed by atoms with van der Waals surface area (Å²) in [6, 6.07) is 12.5. The van der Waals surface area contributed by atoms with Crippen LogP contribution in [0.3, 0.4) is 0 Å². The van der Waals surface area contributed by atoms with Crippen LogP contribution in [-0.4, -0.2) is 16.9 Å². The predicted octanol–water partition coefficient (Wildman–Crippen LogP) is 2.86. The van der Waals surface area contributed by atoms with Crippen LogP contribution in [0, 0.1) is 17.4 Å². The van der Waals surface area contributed by atoms with Crippen molar-refractivity contribution < 1.29 is 9.59 Å². The minimum Gasteiger partial charge on any atom is -0.298 e. The molecule has 7 heteroatoms. The van der Waals surface area contributed by atoms with Crippen LogP contribution >= 0.6 is 34.8 Å². The number of carbonyl (C=O) groups is 2. The molecular formula is C17H16IN3O2S. The first kappa shape index (κ1) is 18.3. The van der Waals surface area contributed by atoms with Gasteiger partial charge in [0.2, 0.25) is 0 Å². The van der Waals surface area contributed by atoms with E-state index in [0.29, 0.717) is 11.1 Å². The summed E-state index contributed by atoms with van der Waals surface area (Å²) in [5, 5.41) is 2.55. The number of nitrogens with one attached hydrogen (secondary N) is 3. The molecule has 24 heavy (non-hydrogen) atoms. The Morgan fingerprint density at radius 1 is 0.917 bits per heavy atom. The largest absolute Gasteiger partial charge is 0.298 e. The first-order chi connectivity index (χ1) is 11.4. The minimum absolute atomic E-state index is 0.0241. The highest BCUT2D eigenvalue weighted by atomic mass is 127. The molecule has 0 fully saturated rings. The lowest BCUT2D eigenvalue weighted by molar-refractivity contribution is 0.0934. The first-order valence-electron chi connectivity index (χ1n) is 7.11. The van der Waals surface area contributed by atoms with Crippen molar-refractivity contribution >= 4 is 51.7 Å². The number of carbonyl (C=O) groups excluding carboxylic acids is 2. The maximum absolute atomic E-state index is 12.1. The fourth-order valence-electron chi connectivity index (χ4n) is 1.83. The highest BCUT2D eigenvalue weighted by Gasteiger charge is 2.10. The maximum Gasteiger partial charge on any atom is 0.269 e. The highest BCUT2D eigenvalue weighted by Crippen LogP contribution is 2.13. The van der Waals surface area contributed by atoms with Gasteiger partial charge in [-0.15, -0.1) is 0 Å². The Morgan fingerprint density at radius 3 is 2.17 bits per heavy atom.